The number of hydrogen-bond acceptors (Lipinski definition) is 3. The van der Waals surface area contributed by atoms with Crippen LogP contribution < -0.4 is 5.14 Å². The van der Waals surface area contributed by atoms with Gasteiger partial charge in [0, 0.05) is 11.8 Å². The summed E-state index contributed by atoms with van der Waals surface area (Å²) in [5, 5.41) is 8.58. The first-order valence-corrected chi connectivity index (χ1v) is 6.40. The highest BCUT2D eigenvalue weighted by molar-refractivity contribution is 7.89. The van der Waals surface area contributed by atoms with Crippen LogP contribution in [0.2, 0.25) is 0 Å². The van der Waals surface area contributed by atoms with Gasteiger partial charge in [-0.3, -0.25) is 4.68 Å². The second-order valence-corrected chi connectivity index (χ2v) is 5.18. The normalized spacial score (nSPS) is 11.7. The number of halogens is 2. The SMILES string of the molecule is NS(=O)(=O)c1cnn(Cc2c(F)cccc2F)c1. The van der Waals surface area contributed by atoms with E-state index in [9.17, 15) is 17.2 Å². The van der Waals surface area contributed by atoms with E-state index < -0.39 is 21.7 Å². The molecule has 0 amide bonds. The molecule has 0 atom stereocenters. The zero-order valence-electron chi connectivity index (χ0n) is 9.05. The van der Waals surface area contributed by atoms with Crippen LogP contribution in [0.25, 0.3) is 0 Å². The molecule has 0 saturated carbocycles. The molecule has 0 fully saturated rings. The maximum Gasteiger partial charge on any atom is 0.241 e. The molecule has 1 heterocycles. The number of nitrogens with two attached hydrogens (primary N) is 1. The van der Waals surface area contributed by atoms with Gasteiger partial charge in [-0.2, -0.15) is 5.10 Å². The fourth-order valence-electron chi connectivity index (χ4n) is 1.42. The van der Waals surface area contributed by atoms with Crippen LogP contribution in [-0.4, -0.2) is 18.2 Å². The van der Waals surface area contributed by atoms with E-state index in [-0.39, 0.29) is 17.0 Å². The molecule has 0 saturated heterocycles. The van der Waals surface area contributed by atoms with Gasteiger partial charge in [0.1, 0.15) is 16.5 Å². The number of rotatable bonds is 3. The first kappa shape index (κ1) is 12.7. The van der Waals surface area contributed by atoms with Crippen molar-refractivity contribution in [3.8, 4) is 0 Å². The van der Waals surface area contributed by atoms with Crippen LogP contribution in [0, 0.1) is 11.6 Å². The summed E-state index contributed by atoms with van der Waals surface area (Å²) >= 11 is 0. The lowest BCUT2D eigenvalue weighted by molar-refractivity contribution is 0.532. The van der Waals surface area contributed by atoms with Gasteiger partial charge in [0.15, 0.2) is 0 Å². The Morgan fingerprint density at radius 2 is 1.89 bits per heavy atom. The summed E-state index contributed by atoms with van der Waals surface area (Å²) in [6.07, 6.45) is 2.13. The third-order valence-electron chi connectivity index (χ3n) is 2.32. The monoisotopic (exact) mass is 273 g/mol. The lowest BCUT2D eigenvalue weighted by atomic mass is 10.2. The second-order valence-electron chi connectivity index (χ2n) is 3.62. The highest BCUT2D eigenvalue weighted by Gasteiger charge is 2.13. The Labute approximate surface area is 102 Å². The Morgan fingerprint density at radius 3 is 2.39 bits per heavy atom. The van der Waals surface area contributed by atoms with Crippen molar-refractivity contribution in [2.75, 3.05) is 0 Å². The lowest BCUT2D eigenvalue weighted by Crippen LogP contribution is -2.11. The van der Waals surface area contributed by atoms with Crippen LogP contribution in [0.5, 0.6) is 0 Å². The number of sulfonamides is 1. The first-order chi connectivity index (χ1) is 8.38. The fraction of sp³-hybridized carbons (Fsp3) is 0.100. The van der Waals surface area contributed by atoms with E-state index in [1.807, 2.05) is 0 Å². The van der Waals surface area contributed by atoms with E-state index in [4.69, 9.17) is 5.14 Å². The van der Waals surface area contributed by atoms with Crippen LogP contribution in [0.3, 0.4) is 0 Å². The van der Waals surface area contributed by atoms with E-state index in [1.54, 1.807) is 0 Å². The van der Waals surface area contributed by atoms with Crippen molar-refractivity contribution >= 4 is 10.0 Å². The third-order valence-corrected chi connectivity index (χ3v) is 3.19. The van der Waals surface area contributed by atoms with Gasteiger partial charge in [0.2, 0.25) is 10.0 Å². The minimum atomic E-state index is -3.87. The molecular formula is C10H9F2N3O2S. The van der Waals surface area contributed by atoms with Gasteiger partial charge in [-0.05, 0) is 12.1 Å². The summed E-state index contributed by atoms with van der Waals surface area (Å²) in [5.41, 5.74) is -0.193. The molecule has 1 aromatic heterocycles. The number of aromatic nitrogens is 2. The maximum atomic E-state index is 13.4. The molecule has 2 rings (SSSR count). The van der Waals surface area contributed by atoms with Crippen molar-refractivity contribution in [1.82, 2.24) is 9.78 Å². The molecule has 1 aromatic carbocycles. The van der Waals surface area contributed by atoms with Crippen LogP contribution in [0.15, 0.2) is 35.5 Å². The van der Waals surface area contributed by atoms with Gasteiger partial charge in [0.05, 0.1) is 12.7 Å². The van der Waals surface area contributed by atoms with Crippen molar-refractivity contribution in [1.29, 1.82) is 0 Å². The average Bonchev–Trinajstić information content (AvgIpc) is 2.72. The van der Waals surface area contributed by atoms with Crippen LogP contribution in [0.1, 0.15) is 5.56 Å². The summed E-state index contributed by atoms with van der Waals surface area (Å²) in [7, 11) is -3.87. The quantitative estimate of drug-likeness (QED) is 0.900. The molecule has 8 heteroatoms. The molecule has 0 aliphatic rings. The van der Waals surface area contributed by atoms with E-state index in [2.05, 4.69) is 5.10 Å². The van der Waals surface area contributed by atoms with Gasteiger partial charge in [-0.1, -0.05) is 6.07 Å². The summed E-state index contributed by atoms with van der Waals surface area (Å²) in [6, 6.07) is 3.47. The van der Waals surface area contributed by atoms with Crippen LogP contribution >= 0.6 is 0 Å². The zero-order chi connectivity index (χ0) is 13.3. The predicted octanol–water partition coefficient (Wildman–Crippen LogP) is 0.857. The molecule has 0 unspecified atom stereocenters. The molecule has 0 spiro atoms. The number of hydrogen-bond donors (Lipinski definition) is 1. The predicted molar refractivity (Wildman–Crippen MR) is 59.1 cm³/mol. The summed E-state index contributed by atoms with van der Waals surface area (Å²) in [6.45, 7) is -0.214. The molecule has 0 radical (unpaired) electrons. The first-order valence-electron chi connectivity index (χ1n) is 4.86. The Bertz CT molecular complexity index is 662. The van der Waals surface area contributed by atoms with Crippen molar-refractivity contribution in [3.63, 3.8) is 0 Å². The molecular weight excluding hydrogens is 264 g/mol. The smallest absolute Gasteiger partial charge is 0.241 e. The minimum Gasteiger partial charge on any atom is -0.267 e. The summed E-state index contributed by atoms with van der Waals surface area (Å²) < 4.78 is 49.8. The molecule has 0 aliphatic heterocycles. The average molecular weight is 273 g/mol. The minimum absolute atomic E-state index is 0.193. The zero-order valence-corrected chi connectivity index (χ0v) is 9.86. The summed E-state index contributed by atoms with van der Waals surface area (Å²) in [4.78, 5) is -0.209. The van der Waals surface area contributed by atoms with Crippen LogP contribution in [0.4, 0.5) is 8.78 Å². The van der Waals surface area contributed by atoms with Crippen molar-refractivity contribution in [2.45, 2.75) is 11.4 Å². The van der Waals surface area contributed by atoms with Crippen molar-refractivity contribution in [3.05, 3.63) is 47.8 Å². The number of benzene rings is 1. The van der Waals surface area contributed by atoms with Gasteiger partial charge >= 0.3 is 0 Å². The highest BCUT2D eigenvalue weighted by Crippen LogP contribution is 2.14. The number of nitrogens with zero attached hydrogens (tertiary/aromatic N) is 2. The van der Waals surface area contributed by atoms with Gasteiger partial charge in [0.25, 0.3) is 0 Å². The maximum absolute atomic E-state index is 13.4. The van der Waals surface area contributed by atoms with E-state index in [0.29, 0.717) is 0 Å². The molecule has 5 nitrogen and oxygen atoms in total. The second kappa shape index (κ2) is 4.46. The van der Waals surface area contributed by atoms with Gasteiger partial charge in [-0.25, -0.2) is 22.3 Å². The Balaban J connectivity index is 2.33. The fourth-order valence-corrected chi connectivity index (χ4v) is 1.89. The molecule has 0 aliphatic carbocycles. The summed E-state index contributed by atoms with van der Waals surface area (Å²) in [5.74, 6) is -1.44. The largest absolute Gasteiger partial charge is 0.267 e. The Kier molecular flexibility index (Phi) is 3.14. The van der Waals surface area contributed by atoms with Crippen LogP contribution in [-0.2, 0) is 16.6 Å². The van der Waals surface area contributed by atoms with Gasteiger partial charge in [-0.15, -0.1) is 0 Å². The Hall–Kier alpha value is -1.80. The molecule has 18 heavy (non-hydrogen) atoms. The highest BCUT2D eigenvalue weighted by atomic mass is 32.2. The van der Waals surface area contributed by atoms with Crippen molar-refractivity contribution < 1.29 is 17.2 Å². The molecule has 2 N–H and O–H groups in total. The Morgan fingerprint density at radius 1 is 1.28 bits per heavy atom. The van der Waals surface area contributed by atoms with Gasteiger partial charge < -0.3 is 0 Å². The topological polar surface area (TPSA) is 78.0 Å². The van der Waals surface area contributed by atoms with Crippen molar-refractivity contribution in [2.24, 2.45) is 5.14 Å². The lowest BCUT2D eigenvalue weighted by Gasteiger charge is -2.04. The number of primary sulfonamides is 1. The van der Waals surface area contributed by atoms with E-state index in [1.165, 1.54) is 6.07 Å². The van der Waals surface area contributed by atoms with E-state index in [0.717, 1.165) is 29.2 Å². The molecule has 96 valence electrons. The van der Waals surface area contributed by atoms with E-state index >= 15 is 0 Å². The molecule has 0 bridgehead atoms. The molecule has 2 aromatic rings. The standard InChI is InChI=1S/C10H9F2N3O2S/c11-9-2-1-3-10(12)8(9)6-15-5-7(4-14-15)18(13,16)17/h1-5H,6H2,(H2,13,16,17). The third kappa shape index (κ3) is 2.54.